The zero-order chi connectivity index (χ0) is 15.1. The number of carboxylic acids is 1. The first-order chi connectivity index (χ1) is 9.43. The second-order valence-electron chi connectivity index (χ2n) is 4.82. The first-order valence-electron chi connectivity index (χ1n) is 6.37. The van der Waals surface area contributed by atoms with Crippen molar-refractivity contribution in [3.05, 3.63) is 24.3 Å². The highest BCUT2D eigenvalue weighted by Gasteiger charge is 2.21. The molecule has 0 fully saturated rings. The van der Waals surface area contributed by atoms with E-state index in [1.807, 2.05) is 38.3 Å². The summed E-state index contributed by atoms with van der Waals surface area (Å²) in [5.74, 6) is -0.832. The molecular weight excluding hydrogens is 276 g/mol. The van der Waals surface area contributed by atoms with Crippen LogP contribution in [0.5, 0.6) is 0 Å². The lowest BCUT2D eigenvalue weighted by atomic mass is 10.0. The Kier molecular flexibility index (Phi) is 6.38. The van der Waals surface area contributed by atoms with E-state index < -0.39 is 18.0 Å². The largest absolute Gasteiger partial charge is 0.480 e. The normalized spacial score (nSPS) is 12.0. The number of nitrogens with one attached hydrogen (secondary N) is 2. The first-order valence-corrected chi connectivity index (χ1v) is 7.59. The van der Waals surface area contributed by atoms with Crippen molar-refractivity contribution < 1.29 is 14.7 Å². The highest BCUT2D eigenvalue weighted by atomic mass is 32.2. The minimum atomic E-state index is -1.02. The van der Waals surface area contributed by atoms with Crippen LogP contribution in [0.15, 0.2) is 29.2 Å². The Morgan fingerprint density at radius 3 is 2.50 bits per heavy atom. The Morgan fingerprint density at radius 2 is 1.95 bits per heavy atom. The van der Waals surface area contributed by atoms with Crippen molar-refractivity contribution in [1.82, 2.24) is 5.32 Å². The molecule has 0 aliphatic rings. The number of amides is 2. The van der Waals surface area contributed by atoms with Gasteiger partial charge < -0.3 is 15.7 Å². The van der Waals surface area contributed by atoms with Gasteiger partial charge in [0, 0.05) is 4.90 Å². The van der Waals surface area contributed by atoms with Gasteiger partial charge in [0.15, 0.2) is 0 Å². The number of anilines is 1. The maximum Gasteiger partial charge on any atom is 0.326 e. The van der Waals surface area contributed by atoms with E-state index in [2.05, 4.69) is 10.6 Å². The van der Waals surface area contributed by atoms with Crippen molar-refractivity contribution in [1.29, 1.82) is 0 Å². The number of benzene rings is 1. The van der Waals surface area contributed by atoms with Gasteiger partial charge in [0.25, 0.3) is 0 Å². The molecule has 110 valence electrons. The van der Waals surface area contributed by atoms with Gasteiger partial charge in [0.1, 0.15) is 6.04 Å². The van der Waals surface area contributed by atoms with E-state index in [1.165, 1.54) is 11.8 Å². The zero-order valence-corrected chi connectivity index (χ0v) is 12.7. The number of rotatable bonds is 6. The van der Waals surface area contributed by atoms with Crippen molar-refractivity contribution in [2.75, 3.05) is 11.6 Å². The van der Waals surface area contributed by atoms with E-state index in [9.17, 15) is 9.59 Å². The molecule has 2 amide bonds. The molecule has 1 aromatic carbocycles. The highest BCUT2D eigenvalue weighted by molar-refractivity contribution is 7.98. The van der Waals surface area contributed by atoms with E-state index in [4.69, 9.17) is 5.11 Å². The summed E-state index contributed by atoms with van der Waals surface area (Å²) >= 11 is 1.51. The van der Waals surface area contributed by atoms with Crippen LogP contribution in [-0.2, 0) is 4.79 Å². The SMILES string of the molecule is CSc1ccccc1NC(=O)NC(CC(C)C)C(=O)O. The second-order valence-corrected chi connectivity index (χ2v) is 5.67. The number of thioether (sulfide) groups is 1. The summed E-state index contributed by atoms with van der Waals surface area (Å²) in [5, 5.41) is 14.3. The van der Waals surface area contributed by atoms with Gasteiger partial charge in [-0.05, 0) is 30.7 Å². The summed E-state index contributed by atoms with van der Waals surface area (Å²) in [6, 6.07) is 5.99. The monoisotopic (exact) mass is 296 g/mol. The number of hydrogen-bond acceptors (Lipinski definition) is 3. The minimum absolute atomic E-state index is 0.190. The van der Waals surface area contributed by atoms with Crippen molar-refractivity contribution in [3.8, 4) is 0 Å². The Bertz CT molecular complexity index is 477. The van der Waals surface area contributed by atoms with Crippen LogP contribution >= 0.6 is 11.8 Å². The van der Waals surface area contributed by atoms with Crippen LogP contribution < -0.4 is 10.6 Å². The van der Waals surface area contributed by atoms with Gasteiger partial charge in [0.2, 0.25) is 0 Å². The summed E-state index contributed by atoms with van der Waals surface area (Å²) < 4.78 is 0. The average Bonchev–Trinajstić information content (AvgIpc) is 2.37. The molecule has 0 saturated carbocycles. The van der Waals surface area contributed by atoms with Gasteiger partial charge in [-0.15, -0.1) is 11.8 Å². The number of aliphatic carboxylic acids is 1. The van der Waals surface area contributed by atoms with Crippen molar-refractivity contribution in [3.63, 3.8) is 0 Å². The molecule has 0 bridgehead atoms. The van der Waals surface area contributed by atoms with Crippen LogP contribution in [0.3, 0.4) is 0 Å². The standard InChI is InChI=1S/C14H20N2O3S/c1-9(2)8-11(13(17)18)16-14(19)15-10-6-4-5-7-12(10)20-3/h4-7,9,11H,8H2,1-3H3,(H,17,18)(H2,15,16,19). The number of carbonyl (C=O) groups excluding carboxylic acids is 1. The number of carbonyl (C=O) groups is 2. The van der Waals surface area contributed by atoms with Gasteiger partial charge in [-0.25, -0.2) is 9.59 Å². The lowest BCUT2D eigenvalue weighted by molar-refractivity contribution is -0.139. The zero-order valence-electron chi connectivity index (χ0n) is 11.8. The van der Waals surface area contributed by atoms with E-state index in [0.29, 0.717) is 12.1 Å². The predicted octanol–water partition coefficient (Wildman–Crippen LogP) is 3.03. The van der Waals surface area contributed by atoms with E-state index in [1.54, 1.807) is 6.07 Å². The van der Waals surface area contributed by atoms with Crippen molar-refractivity contribution in [2.24, 2.45) is 5.92 Å². The fourth-order valence-corrected chi connectivity index (χ4v) is 2.31. The molecule has 1 atom stereocenters. The molecule has 6 heteroatoms. The molecule has 0 saturated heterocycles. The summed E-state index contributed by atoms with van der Waals surface area (Å²) in [5.41, 5.74) is 0.672. The molecule has 0 heterocycles. The molecule has 20 heavy (non-hydrogen) atoms. The molecule has 0 spiro atoms. The Morgan fingerprint density at radius 1 is 1.30 bits per heavy atom. The summed E-state index contributed by atoms with van der Waals surface area (Å²) in [6.45, 7) is 3.83. The Hall–Kier alpha value is -1.69. The van der Waals surface area contributed by atoms with Gasteiger partial charge in [-0.2, -0.15) is 0 Å². The third-order valence-electron chi connectivity index (χ3n) is 2.67. The Balaban J connectivity index is 2.68. The van der Waals surface area contributed by atoms with E-state index in [0.717, 1.165) is 4.90 Å². The molecular formula is C14H20N2O3S. The van der Waals surface area contributed by atoms with Crippen LogP contribution in [0.25, 0.3) is 0 Å². The molecule has 1 rings (SSSR count). The smallest absolute Gasteiger partial charge is 0.326 e. The van der Waals surface area contributed by atoms with E-state index in [-0.39, 0.29) is 5.92 Å². The van der Waals surface area contributed by atoms with Crippen LogP contribution in [0.4, 0.5) is 10.5 Å². The lowest BCUT2D eigenvalue weighted by Gasteiger charge is -2.17. The first kappa shape index (κ1) is 16.4. The summed E-state index contributed by atoms with van der Waals surface area (Å²) in [7, 11) is 0. The number of urea groups is 1. The third kappa shape index (κ3) is 5.13. The number of para-hydroxylation sites is 1. The van der Waals surface area contributed by atoms with Gasteiger partial charge >= 0.3 is 12.0 Å². The maximum atomic E-state index is 11.9. The number of carboxylic acid groups (broad SMARTS) is 1. The maximum absolute atomic E-state index is 11.9. The quantitative estimate of drug-likeness (QED) is 0.705. The molecule has 5 nitrogen and oxygen atoms in total. The highest BCUT2D eigenvalue weighted by Crippen LogP contribution is 2.24. The molecule has 1 aromatic rings. The predicted molar refractivity (Wildman–Crippen MR) is 81.3 cm³/mol. The van der Waals surface area contributed by atoms with Crippen molar-refractivity contribution >= 4 is 29.4 Å². The summed E-state index contributed by atoms with van der Waals surface area (Å²) in [6.07, 6.45) is 2.31. The van der Waals surface area contributed by atoms with Crippen LogP contribution in [-0.4, -0.2) is 29.4 Å². The van der Waals surface area contributed by atoms with Crippen LogP contribution in [0.1, 0.15) is 20.3 Å². The molecule has 0 aliphatic carbocycles. The van der Waals surface area contributed by atoms with Gasteiger partial charge in [-0.1, -0.05) is 26.0 Å². The Labute approximate surface area is 123 Å². The van der Waals surface area contributed by atoms with Gasteiger partial charge in [-0.3, -0.25) is 0 Å². The average molecular weight is 296 g/mol. The molecule has 0 aliphatic heterocycles. The van der Waals surface area contributed by atoms with Crippen LogP contribution in [0, 0.1) is 5.92 Å². The van der Waals surface area contributed by atoms with Crippen molar-refractivity contribution in [2.45, 2.75) is 31.2 Å². The lowest BCUT2D eigenvalue weighted by Crippen LogP contribution is -2.43. The second kappa shape index (κ2) is 7.79. The molecule has 3 N–H and O–H groups in total. The fourth-order valence-electron chi connectivity index (χ4n) is 1.76. The molecule has 1 unspecified atom stereocenters. The van der Waals surface area contributed by atoms with Gasteiger partial charge in [0.05, 0.1) is 5.69 Å². The van der Waals surface area contributed by atoms with E-state index >= 15 is 0 Å². The number of hydrogen-bond donors (Lipinski definition) is 3. The fraction of sp³-hybridized carbons (Fsp3) is 0.429. The third-order valence-corrected chi connectivity index (χ3v) is 3.46. The summed E-state index contributed by atoms with van der Waals surface area (Å²) in [4.78, 5) is 23.9. The molecule has 0 aromatic heterocycles. The minimum Gasteiger partial charge on any atom is -0.480 e. The topological polar surface area (TPSA) is 78.4 Å². The van der Waals surface area contributed by atoms with Crippen LogP contribution in [0.2, 0.25) is 0 Å². The molecule has 0 radical (unpaired) electrons.